The van der Waals surface area contributed by atoms with Crippen LogP contribution in [0.1, 0.15) is 19.3 Å². The van der Waals surface area contributed by atoms with Gasteiger partial charge in [-0.3, -0.25) is 4.79 Å². The molecule has 4 atom stereocenters. The molecule has 0 aromatic heterocycles. The summed E-state index contributed by atoms with van der Waals surface area (Å²) < 4.78 is 0. The first-order valence-electron chi connectivity index (χ1n) is 4.09. The second kappa shape index (κ2) is 2.21. The first kappa shape index (κ1) is 7.10. The van der Waals surface area contributed by atoms with Crippen molar-refractivity contribution >= 4 is 5.97 Å². The number of fused-ring (bicyclic) bond motifs is 2. The zero-order chi connectivity index (χ0) is 8.01. The van der Waals surface area contributed by atoms with Gasteiger partial charge in [0.1, 0.15) is 0 Å². The summed E-state index contributed by atoms with van der Waals surface area (Å²) >= 11 is 0. The van der Waals surface area contributed by atoms with Crippen LogP contribution in [0.3, 0.4) is 0 Å². The van der Waals surface area contributed by atoms with Gasteiger partial charge in [0, 0.05) is 0 Å². The summed E-state index contributed by atoms with van der Waals surface area (Å²) in [4.78, 5) is 10.6. The molecule has 3 nitrogen and oxygen atoms in total. The van der Waals surface area contributed by atoms with Crippen molar-refractivity contribution in [1.82, 2.24) is 0 Å². The number of aliphatic carboxylic acids is 1. The van der Waals surface area contributed by atoms with E-state index in [1.165, 1.54) is 0 Å². The average molecular weight is 156 g/mol. The molecule has 0 aromatic carbocycles. The number of rotatable bonds is 1. The van der Waals surface area contributed by atoms with Gasteiger partial charge in [-0.25, -0.2) is 0 Å². The van der Waals surface area contributed by atoms with Crippen molar-refractivity contribution in [3.63, 3.8) is 0 Å². The molecule has 11 heavy (non-hydrogen) atoms. The highest BCUT2D eigenvalue weighted by molar-refractivity contribution is 5.71. The quantitative estimate of drug-likeness (QED) is 0.580. The topological polar surface area (TPSA) is 57.5 Å². The third kappa shape index (κ3) is 0.948. The minimum atomic E-state index is -0.726. The van der Waals surface area contributed by atoms with Crippen LogP contribution in [0.4, 0.5) is 0 Å². The molecule has 2 bridgehead atoms. The fraction of sp³-hybridized carbons (Fsp3) is 0.875. The number of carboxylic acids is 1. The Morgan fingerprint density at radius 1 is 1.27 bits per heavy atom. The first-order chi connectivity index (χ1) is 5.18. The Bertz CT molecular complexity index is 190. The van der Waals surface area contributed by atoms with Crippen LogP contribution in [-0.2, 0) is 4.79 Å². The molecule has 0 aliphatic heterocycles. The van der Waals surface area contributed by atoms with Gasteiger partial charge in [-0.1, -0.05) is 0 Å². The molecule has 2 aliphatic rings. The molecule has 0 radical (unpaired) electrons. The van der Waals surface area contributed by atoms with Crippen molar-refractivity contribution in [2.45, 2.75) is 25.4 Å². The Balaban J connectivity index is 2.12. The van der Waals surface area contributed by atoms with Crippen LogP contribution in [0.15, 0.2) is 0 Å². The number of aliphatic hydroxyl groups is 1. The summed E-state index contributed by atoms with van der Waals surface area (Å²) in [7, 11) is 0. The summed E-state index contributed by atoms with van der Waals surface area (Å²) in [5.41, 5.74) is 0. The predicted octanol–water partition coefficient (Wildman–Crippen LogP) is 0.478. The van der Waals surface area contributed by atoms with E-state index in [0.717, 1.165) is 19.3 Å². The van der Waals surface area contributed by atoms with Crippen LogP contribution in [0.25, 0.3) is 0 Å². The molecule has 0 heterocycles. The van der Waals surface area contributed by atoms with Gasteiger partial charge in [0.05, 0.1) is 12.0 Å². The van der Waals surface area contributed by atoms with E-state index < -0.39 is 5.97 Å². The number of carbonyl (C=O) groups is 1. The maximum atomic E-state index is 10.6. The van der Waals surface area contributed by atoms with E-state index in [-0.39, 0.29) is 17.9 Å². The molecule has 2 N–H and O–H groups in total. The molecule has 62 valence electrons. The summed E-state index contributed by atoms with van der Waals surface area (Å²) in [6.45, 7) is 0. The van der Waals surface area contributed by atoms with Crippen molar-refractivity contribution in [1.29, 1.82) is 0 Å². The lowest BCUT2D eigenvalue weighted by Gasteiger charge is -2.22. The Kier molecular flexibility index (Phi) is 1.42. The average Bonchev–Trinajstić information content (AvgIpc) is 2.43. The van der Waals surface area contributed by atoms with Crippen LogP contribution in [0, 0.1) is 17.8 Å². The first-order valence-corrected chi connectivity index (χ1v) is 4.09. The Morgan fingerprint density at radius 3 is 2.36 bits per heavy atom. The van der Waals surface area contributed by atoms with Gasteiger partial charge in [-0.15, -0.1) is 0 Å². The van der Waals surface area contributed by atoms with Crippen LogP contribution in [0.2, 0.25) is 0 Å². The minimum Gasteiger partial charge on any atom is -0.481 e. The van der Waals surface area contributed by atoms with E-state index in [9.17, 15) is 9.90 Å². The molecule has 2 fully saturated rings. The van der Waals surface area contributed by atoms with Gasteiger partial charge in [-0.2, -0.15) is 0 Å². The Labute approximate surface area is 65.0 Å². The fourth-order valence-corrected chi connectivity index (χ4v) is 2.60. The van der Waals surface area contributed by atoms with Crippen molar-refractivity contribution < 1.29 is 15.0 Å². The normalized spacial score (nSPS) is 48.1. The molecule has 0 spiro atoms. The predicted molar refractivity (Wildman–Crippen MR) is 38.0 cm³/mol. The fourth-order valence-electron chi connectivity index (χ4n) is 2.60. The molecule has 0 amide bonds. The highest BCUT2D eigenvalue weighted by Crippen LogP contribution is 2.48. The molecular formula is C8H12O3. The second-order valence-electron chi connectivity index (χ2n) is 3.75. The van der Waals surface area contributed by atoms with Crippen molar-refractivity contribution in [2.24, 2.45) is 17.8 Å². The van der Waals surface area contributed by atoms with E-state index >= 15 is 0 Å². The van der Waals surface area contributed by atoms with E-state index in [4.69, 9.17) is 5.11 Å². The molecule has 3 heteroatoms. The largest absolute Gasteiger partial charge is 0.481 e. The lowest BCUT2D eigenvalue weighted by molar-refractivity contribution is -0.145. The summed E-state index contributed by atoms with van der Waals surface area (Å²) in [5, 5.41) is 18.1. The van der Waals surface area contributed by atoms with Crippen molar-refractivity contribution in [2.75, 3.05) is 0 Å². The van der Waals surface area contributed by atoms with E-state index in [1.807, 2.05) is 0 Å². The van der Waals surface area contributed by atoms with Crippen molar-refractivity contribution in [3.05, 3.63) is 0 Å². The maximum Gasteiger partial charge on any atom is 0.306 e. The van der Waals surface area contributed by atoms with Crippen LogP contribution in [-0.4, -0.2) is 22.3 Å². The smallest absolute Gasteiger partial charge is 0.306 e. The van der Waals surface area contributed by atoms with E-state index in [1.54, 1.807) is 0 Å². The number of hydrogen-bond donors (Lipinski definition) is 2. The summed E-state index contributed by atoms with van der Waals surface area (Å²) in [6, 6.07) is 0. The second-order valence-corrected chi connectivity index (χ2v) is 3.75. The Morgan fingerprint density at radius 2 is 2.00 bits per heavy atom. The SMILES string of the molecule is O=C(O)[C@@H]1C[C@@H]2C[C@H]1[C@H](O)C2. The van der Waals surface area contributed by atoms with Gasteiger partial charge in [-0.05, 0) is 31.1 Å². The standard InChI is InChI=1S/C8H12O3/c9-7-3-4-1-5(7)6(2-4)8(10)11/h4-7,9H,1-3H2,(H,10,11)/t4-,5+,6+,7+/m0/s1. The monoisotopic (exact) mass is 156 g/mol. The molecule has 2 rings (SSSR count). The zero-order valence-corrected chi connectivity index (χ0v) is 6.23. The highest BCUT2D eigenvalue weighted by atomic mass is 16.4. The van der Waals surface area contributed by atoms with Crippen molar-refractivity contribution in [3.8, 4) is 0 Å². The molecule has 0 unspecified atom stereocenters. The Hall–Kier alpha value is -0.570. The summed E-state index contributed by atoms with van der Waals surface area (Å²) in [5.74, 6) is -0.450. The van der Waals surface area contributed by atoms with E-state index in [0.29, 0.717) is 5.92 Å². The maximum absolute atomic E-state index is 10.6. The van der Waals surface area contributed by atoms with Gasteiger partial charge in [0.15, 0.2) is 0 Å². The van der Waals surface area contributed by atoms with Gasteiger partial charge in [0.2, 0.25) is 0 Å². The molecule has 0 saturated heterocycles. The minimum absolute atomic E-state index is 0.0532. The molecular weight excluding hydrogens is 144 g/mol. The van der Waals surface area contributed by atoms with Crippen LogP contribution in [0.5, 0.6) is 0 Å². The molecule has 0 aromatic rings. The third-order valence-corrected chi connectivity index (χ3v) is 3.10. The lowest BCUT2D eigenvalue weighted by atomic mass is 9.87. The summed E-state index contributed by atoms with van der Waals surface area (Å²) in [6.07, 6.45) is 2.21. The number of carboxylic acid groups (broad SMARTS) is 1. The highest BCUT2D eigenvalue weighted by Gasteiger charge is 2.48. The number of hydrogen-bond acceptors (Lipinski definition) is 2. The lowest BCUT2D eigenvalue weighted by Crippen LogP contribution is -2.29. The molecule has 2 saturated carbocycles. The zero-order valence-electron chi connectivity index (χ0n) is 6.23. The van der Waals surface area contributed by atoms with Gasteiger partial charge < -0.3 is 10.2 Å². The molecule has 2 aliphatic carbocycles. The van der Waals surface area contributed by atoms with Crippen LogP contribution < -0.4 is 0 Å². The number of aliphatic hydroxyl groups excluding tert-OH is 1. The van der Waals surface area contributed by atoms with Gasteiger partial charge in [0.25, 0.3) is 0 Å². The van der Waals surface area contributed by atoms with Crippen LogP contribution >= 0.6 is 0 Å². The van der Waals surface area contributed by atoms with Gasteiger partial charge >= 0.3 is 5.97 Å². The third-order valence-electron chi connectivity index (χ3n) is 3.10. The van der Waals surface area contributed by atoms with E-state index in [2.05, 4.69) is 0 Å².